The van der Waals surface area contributed by atoms with Gasteiger partial charge in [0.25, 0.3) is 0 Å². The van der Waals surface area contributed by atoms with Gasteiger partial charge < -0.3 is 15.1 Å². The average Bonchev–Trinajstić information content (AvgIpc) is 3.30. The van der Waals surface area contributed by atoms with Crippen LogP contribution >= 0.6 is 11.3 Å². The van der Waals surface area contributed by atoms with E-state index in [1.165, 1.54) is 18.5 Å². The zero-order valence-electron chi connectivity index (χ0n) is 15.7. The Balaban J connectivity index is 1.40. The molecule has 3 rings (SSSR count). The highest BCUT2D eigenvalue weighted by atomic mass is 32.1. The third-order valence-corrected chi connectivity index (χ3v) is 5.46. The van der Waals surface area contributed by atoms with Crippen molar-refractivity contribution in [2.75, 3.05) is 26.2 Å². The third-order valence-electron chi connectivity index (χ3n) is 4.63. The number of nitrogens with one attached hydrogen (secondary N) is 2. The lowest BCUT2D eigenvalue weighted by Gasteiger charge is -2.31. The summed E-state index contributed by atoms with van der Waals surface area (Å²) in [5.74, 6) is 2.44. The molecule has 0 aliphatic carbocycles. The fourth-order valence-electron chi connectivity index (χ4n) is 3.20. The van der Waals surface area contributed by atoms with Crippen molar-refractivity contribution in [2.45, 2.75) is 39.8 Å². The van der Waals surface area contributed by atoms with Crippen LogP contribution in [-0.4, -0.2) is 42.0 Å². The number of hydrogen-bond acceptors (Lipinski definition) is 5. The first-order valence-electron chi connectivity index (χ1n) is 9.41. The Labute approximate surface area is 159 Å². The quantitative estimate of drug-likeness (QED) is 0.575. The van der Waals surface area contributed by atoms with Crippen LogP contribution in [-0.2, 0) is 13.1 Å². The normalized spacial score (nSPS) is 16.8. The van der Waals surface area contributed by atoms with Crippen molar-refractivity contribution in [1.82, 2.24) is 20.5 Å². The highest BCUT2D eigenvalue weighted by Gasteiger charge is 2.20. The zero-order valence-corrected chi connectivity index (χ0v) is 16.5. The number of piperidine rings is 1. The maximum absolute atomic E-state index is 5.35. The van der Waals surface area contributed by atoms with Crippen LogP contribution in [0, 0.1) is 12.8 Å². The second-order valence-electron chi connectivity index (χ2n) is 6.73. The predicted octanol–water partition coefficient (Wildman–Crippen LogP) is 3.01. The number of thiazole rings is 1. The molecule has 7 heteroatoms. The molecule has 0 spiro atoms. The van der Waals surface area contributed by atoms with Gasteiger partial charge in [-0.15, -0.1) is 11.3 Å². The Morgan fingerprint density at radius 2 is 2.23 bits per heavy atom. The van der Waals surface area contributed by atoms with E-state index >= 15 is 0 Å². The molecule has 0 saturated carbocycles. The van der Waals surface area contributed by atoms with E-state index in [0.717, 1.165) is 49.5 Å². The minimum absolute atomic E-state index is 0.563. The minimum Gasteiger partial charge on any atom is -0.467 e. The van der Waals surface area contributed by atoms with Gasteiger partial charge in [-0.1, -0.05) is 0 Å². The lowest BCUT2D eigenvalue weighted by atomic mass is 9.97. The second-order valence-corrected chi connectivity index (χ2v) is 7.80. The lowest BCUT2D eigenvalue weighted by molar-refractivity contribution is 0.176. The highest BCUT2D eigenvalue weighted by Crippen LogP contribution is 2.19. The molecule has 3 heterocycles. The Hall–Kier alpha value is -1.86. The van der Waals surface area contributed by atoms with Crippen LogP contribution in [0.25, 0.3) is 0 Å². The molecule has 0 aromatic carbocycles. The van der Waals surface area contributed by atoms with E-state index in [1.807, 2.05) is 12.1 Å². The molecule has 2 N–H and O–H groups in total. The van der Waals surface area contributed by atoms with Crippen LogP contribution in [0.1, 0.15) is 36.2 Å². The van der Waals surface area contributed by atoms with Gasteiger partial charge in [-0.05, 0) is 57.8 Å². The zero-order chi connectivity index (χ0) is 18.2. The molecule has 142 valence electrons. The summed E-state index contributed by atoms with van der Waals surface area (Å²) in [5, 5.41) is 10.1. The van der Waals surface area contributed by atoms with Gasteiger partial charge in [-0.25, -0.2) is 9.98 Å². The lowest BCUT2D eigenvalue weighted by Crippen LogP contribution is -2.42. The summed E-state index contributed by atoms with van der Waals surface area (Å²) in [4.78, 5) is 11.7. The maximum Gasteiger partial charge on any atom is 0.191 e. The first-order chi connectivity index (χ1) is 12.7. The Bertz CT molecular complexity index is 674. The molecular weight excluding hydrogens is 346 g/mol. The van der Waals surface area contributed by atoms with Crippen LogP contribution in [0.3, 0.4) is 0 Å². The van der Waals surface area contributed by atoms with Gasteiger partial charge in [0.2, 0.25) is 0 Å². The van der Waals surface area contributed by atoms with Crippen molar-refractivity contribution in [3.63, 3.8) is 0 Å². The van der Waals surface area contributed by atoms with Gasteiger partial charge in [0.1, 0.15) is 12.3 Å². The van der Waals surface area contributed by atoms with Gasteiger partial charge in [0, 0.05) is 25.0 Å². The topological polar surface area (TPSA) is 65.7 Å². The number of furan rings is 1. The van der Waals surface area contributed by atoms with Crippen molar-refractivity contribution in [2.24, 2.45) is 10.9 Å². The van der Waals surface area contributed by atoms with E-state index < -0.39 is 0 Å². The standard InChI is InChI=1S/C19H29N5OS/c1-3-20-19(22-12-18-5-4-10-25-18)21-11-16-6-8-24(9-7-16)13-17-14-26-15(2)23-17/h4-5,10,14,16H,3,6-9,11-13H2,1-2H3,(H2,20,21,22). The molecule has 1 aliphatic heterocycles. The van der Waals surface area contributed by atoms with Crippen molar-refractivity contribution in [3.05, 3.63) is 40.2 Å². The fourth-order valence-corrected chi connectivity index (χ4v) is 3.80. The summed E-state index contributed by atoms with van der Waals surface area (Å²) in [6.45, 7) is 9.81. The van der Waals surface area contributed by atoms with E-state index in [9.17, 15) is 0 Å². The summed E-state index contributed by atoms with van der Waals surface area (Å²) in [6.07, 6.45) is 4.12. The highest BCUT2D eigenvalue weighted by molar-refractivity contribution is 7.09. The summed E-state index contributed by atoms with van der Waals surface area (Å²) in [5.41, 5.74) is 1.21. The van der Waals surface area contributed by atoms with Crippen molar-refractivity contribution >= 4 is 17.3 Å². The summed E-state index contributed by atoms with van der Waals surface area (Å²) >= 11 is 1.74. The summed E-state index contributed by atoms with van der Waals surface area (Å²) in [7, 11) is 0. The van der Waals surface area contributed by atoms with Gasteiger partial charge in [-0.2, -0.15) is 0 Å². The molecule has 0 unspecified atom stereocenters. The van der Waals surface area contributed by atoms with Crippen molar-refractivity contribution in [1.29, 1.82) is 0 Å². The Morgan fingerprint density at radius 1 is 1.38 bits per heavy atom. The molecule has 0 radical (unpaired) electrons. The van der Waals surface area contributed by atoms with Crippen molar-refractivity contribution in [3.8, 4) is 0 Å². The predicted molar refractivity (Wildman–Crippen MR) is 106 cm³/mol. The van der Waals surface area contributed by atoms with Gasteiger partial charge in [0.05, 0.1) is 17.0 Å². The Morgan fingerprint density at radius 3 is 2.88 bits per heavy atom. The molecule has 0 amide bonds. The van der Waals surface area contributed by atoms with E-state index in [1.54, 1.807) is 17.6 Å². The number of aryl methyl sites for hydroxylation is 1. The summed E-state index contributed by atoms with van der Waals surface area (Å²) in [6, 6.07) is 3.85. The second kappa shape index (κ2) is 9.73. The monoisotopic (exact) mass is 375 g/mol. The van der Waals surface area contributed by atoms with Crippen LogP contribution in [0.2, 0.25) is 0 Å². The number of likely N-dealkylation sites (tertiary alicyclic amines) is 1. The number of rotatable bonds is 7. The number of guanidine groups is 1. The molecule has 1 saturated heterocycles. The minimum atomic E-state index is 0.563. The average molecular weight is 376 g/mol. The molecule has 0 bridgehead atoms. The SMILES string of the molecule is CCNC(=NCc1ccco1)NCC1CCN(Cc2csc(C)n2)CC1. The molecule has 1 aliphatic rings. The molecule has 2 aromatic rings. The molecule has 0 atom stereocenters. The molecule has 1 fully saturated rings. The fraction of sp³-hybridized carbons (Fsp3) is 0.579. The van der Waals surface area contributed by atoms with Crippen LogP contribution < -0.4 is 10.6 Å². The number of aliphatic imine (C=N–C) groups is 1. The number of aromatic nitrogens is 1. The van der Waals surface area contributed by atoms with Crippen molar-refractivity contribution < 1.29 is 4.42 Å². The van der Waals surface area contributed by atoms with Gasteiger partial charge in [0.15, 0.2) is 5.96 Å². The van der Waals surface area contributed by atoms with E-state index in [4.69, 9.17) is 4.42 Å². The van der Waals surface area contributed by atoms with E-state index in [-0.39, 0.29) is 0 Å². The smallest absolute Gasteiger partial charge is 0.191 e. The third kappa shape index (κ3) is 5.85. The van der Waals surface area contributed by atoms with Crippen LogP contribution in [0.5, 0.6) is 0 Å². The van der Waals surface area contributed by atoms with Gasteiger partial charge >= 0.3 is 0 Å². The van der Waals surface area contributed by atoms with Gasteiger partial charge in [-0.3, -0.25) is 4.90 Å². The first-order valence-corrected chi connectivity index (χ1v) is 10.3. The van der Waals surface area contributed by atoms with E-state index in [2.05, 4.69) is 44.7 Å². The van der Waals surface area contributed by atoms with E-state index in [0.29, 0.717) is 12.5 Å². The maximum atomic E-state index is 5.35. The Kier molecular flexibility index (Phi) is 7.08. The first kappa shape index (κ1) is 18.9. The molecule has 2 aromatic heterocycles. The largest absolute Gasteiger partial charge is 0.467 e. The number of hydrogen-bond donors (Lipinski definition) is 2. The molecular formula is C19H29N5OS. The summed E-state index contributed by atoms with van der Waals surface area (Å²) < 4.78 is 5.35. The van der Waals surface area contributed by atoms with Crippen LogP contribution in [0.4, 0.5) is 0 Å². The molecule has 6 nitrogen and oxygen atoms in total. The van der Waals surface area contributed by atoms with Crippen LogP contribution in [0.15, 0.2) is 33.2 Å². The molecule has 26 heavy (non-hydrogen) atoms. The number of nitrogens with zero attached hydrogens (tertiary/aromatic N) is 3.